The number of rotatable bonds is 1. The van der Waals surface area contributed by atoms with E-state index in [4.69, 9.17) is 4.74 Å². The van der Waals surface area contributed by atoms with Gasteiger partial charge in [0.2, 0.25) is 0 Å². The van der Waals surface area contributed by atoms with Crippen molar-refractivity contribution in [1.82, 2.24) is 0 Å². The average molecular weight is 242 g/mol. The molecular formula is C15H14O3. The highest BCUT2D eigenvalue weighted by molar-refractivity contribution is 5.44. The van der Waals surface area contributed by atoms with Crippen molar-refractivity contribution in [3.8, 4) is 11.5 Å². The van der Waals surface area contributed by atoms with E-state index in [1.807, 2.05) is 30.3 Å². The van der Waals surface area contributed by atoms with Crippen LogP contribution >= 0.6 is 0 Å². The third kappa shape index (κ3) is 1.83. The van der Waals surface area contributed by atoms with Crippen molar-refractivity contribution >= 4 is 0 Å². The Hall–Kier alpha value is -2.00. The minimum atomic E-state index is -0.600. The normalized spacial score (nSPS) is 22.1. The molecule has 3 rings (SSSR count). The van der Waals surface area contributed by atoms with Gasteiger partial charge in [-0.25, -0.2) is 0 Å². The summed E-state index contributed by atoms with van der Waals surface area (Å²) < 4.78 is 5.62. The molecule has 3 heteroatoms. The van der Waals surface area contributed by atoms with Crippen LogP contribution in [0.5, 0.6) is 11.5 Å². The number of ether oxygens (including phenoxy) is 1. The molecule has 1 aliphatic heterocycles. The first kappa shape index (κ1) is 11.1. The van der Waals surface area contributed by atoms with Crippen LogP contribution in [0.25, 0.3) is 0 Å². The maximum atomic E-state index is 10.4. The van der Waals surface area contributed by atoms with E-state index < -0.39 is 6.10 Å². The van der Waals surface area contributed by atoms with Crippen molar-refractivity contribution in [3.63, 3.8) is 0 Å². The molecule has 0 unspecified atom stereocenters. The van der Waals surface area contributed by atoms with E-state index in [-0.39, 0.29) is 11.7 Å². The molecule has 1 aliphatic rings. The molecule has 0 spiro atoms. The number of phenolic OH excluding ortho intramolecular Hbond substituents is 1. The lowest BCUT2D eigenvalue weighted by Gasteiger charge is -2.30. The monoisotopic (exact) mass is 242 g/mol. The molecule has 0 aromatic heterocycles. The Morgan fingerprint density at radius 2 is 1.83 bits per heavy atom. The third-order valence-corrected chi connectivity index (χ3v) is 3.34. The molecule has 2 aromatic carbocycles. The van der Waals surface area contributed by atoms with Crippen molar-refractivity contribution < 1.29 is 14.9 Å². The predicted octanol–water partition coefficient (Wildman–Crippen LogP) is 2.60. The summed E-state index contributed by atoms with van der Waals surface area (Å²) >= 11 is 0. The minimum absolute atomic E-state index is 0.0664. The highest BCUT2D eigenvalue weighted by Crippen LogP contribution is 2.41. The van der Waals surface area contributed by atoms with Crippen LogP contribution < -0.4 is 4.74 Å². The van der Waals surface area contributed by atoms with Crippen LogP contribution in [0.1, 0.15) is 23.1 Å². The molecule has 0 fully saturated rings. The van der Waals surface area contributed by atoms with E-state index in [0.29, 0.717) is 12.4 Å². The molecule has 0 aliphatic carbocycles. The van der Waals surface area contributed by atoms with Gasteiger partial charge in [0.15, 0.2) is 0 Å². The largest absolute Gasteiger partial charge is 0.508 e. The van der Waals surface area contributed by atoms with Crippen LogP contribution in [0.3, 0.4) is 0 Å². The van der Waals surface area contributed by atoms with Gasteiger partial charge in [-0.3, -0.25) is 0 Å². The molecule has 92 valence electrons. The van der Waals surface area contributed by atoms with Crippen molar-refractivity contribution in [2.75, 3.05) is 6.61 Å². The van der Waals surface area contributed by atoms with Gasteiger partial charge in [-0.1, -0.05) is 30.3 Å². The van der Waals surface area contributed by atoms with Crippen LogP contribution in [-0.4, -0.2) is 16.8 Å². The zero-order valence-corrected chi connectivity index (χ0v) is 9.78. The van der Waals surface area contributed by atoms with Crippen molar-refractivity contribution in [1.29, 1.82) is 0 Å². The Morgan fingerprint density at radius 3 is 2.61 bits per heavy atom. The second-order valence-electron chi connectivity index (χ2n) is 4.50. The highest BCUT2D eigenvalue weighted by Gasteiger charge is 2.30. The molecule has 0 saturated heterocycles. The van der Waals surface area contributed by atoms with Gasteiger partial charge in [0, 0.05) is 17.5 Å². The predicted molar refractivity (Wildman–Crippen MR) is 67.7 cm³/mol. The van der Waals surface area contributed by atoms with Gasteiger partial charge in [-0.05, 0) is 17.7 Å². The summed E-state index contributed by atoms with van der Waals surface area (Å²) in [5.41, 5.74) is 1.79. The van der Waals surface area contributed by atoms with Gasteiger partial charge in [0.05, 0.1) is 12.7 Å². The number of hydrogen-bond acceptors (Lipinski definition) is 3. The fraction of sp³-hybridized carbons (Fsp3) is 0.200. The van der Waals surface area contributed by atoms with Crippen molar-refractivity contribution in [2.45, 2.75) is 12.0 Å². The number of benzene rings is 2. The lowest BCUT2D eigenvalue weighted by atomic mass is 9.87. The number of hydrogen-bond donors (Lipinski definition) is 2. The molecule has 3 nitrogen and oxygen atoms in total. The number of aliphatic hydroxyl groups is 1. The molecule has 2 N–H and O–H groups in total. The summed E-state index contributed by atoms with van der Waals surface area (Å²) in [7, 11) is 0. The molecule has 2 atom stereocenters. The van der Waals surface area contributed by atoms with Crippen LogP contribution in [0, 0.1) is 0 Å². The van der Waals surface area contributed by atoms with E-state index >= 15 is 0 Å². The molecule has 1 heterocycles. The first-order chi connectivity index (χ1) is 8.75. The summed E-state index contributed by atoms with van der Waals surface area (Å²) in [5, 5.41) is 19.8. The molecule has 18 heavy (non-hydrogen) atoms. The van der Waals surface area contributed by atoms with Crippen LogP contribution in [0.4, 0.5) is 0 Å². The average Bonchev–Trinajstić information content (AvgIpc) is 2.40. The summed E-state index contributed by atoms with van der Waals surface area (Å²) in [6.07, 6.45) is -0.600. The quantitative estimate of drug-likeness (QED) is 0.808. The van der Waals surface area contributed by atoms with E-state index in [2.05, 4.69) is 0 Å². The summed E-state index contributed by atoms with van der Waals surface area (Å²) in [4.78, 5) is 0. The zero-order valence-electron chi connectivity index (χ0n) is 9.78. The topological polar surface area (TPSA) is 49.7 Å². The Morgan fingerprint density at radius 1 is 1.06 bits per heavy atom. The lowest BCUT2D eigenvalue weighted by molar-refractivity contribution is 0.0887. The van der Waals surface area contributed by atoms with Gasteiger partial charge in [-0.15, -0.1) is 0 Å². The maximum Gasteiger partial charge on any atom is 0.128 e. The Kier molecular flexibility index (Phi) is 2.68. The number of fused-ring (bicyclic) bond motifs is 1. The van der Waals surface area contributed by atoms with E-state index in [9.17, 15) is 10.2 Å². The van der Waals surface area contributed by atoms with Gasteiger partial charge >= 0.3 is 0 Å². The zero-order chi connectivity index (χ0) is 12.5. The third-order valence-electron chi connectivity index (χ3n) is 3.34. The maximum absolute atomic E-state index is 10.4. The van der Waals surface area contributed by atoms with Gasteiger partial charge in [0.25, 0.3) is 0 Å². The molecule has 0 bridgehead atoms. The van der Waals surface area contributed by atoms with Crippen molar-refractivity contribution in [3.05, 3.63) is 59.7 Å². The van der Waals surface area contributed by atoms with E-state index in [1.165, 1.54) is 0 Å². The second kappa shape index (κ2) is 4.35. The van der Waals surface area contributed by atoms with Crippen LogP contribution in [-0.2, 0) is 0 Å². The molecule has 0 saturated carbocycles. The first-order valence-corrected chi connectivity index (χ1v) is 5.94. The Balaban J connectivity index is 1.97. The van der Waals surface area contributed by atoms with Gasteiger partial charge < -0.3 is 14.9 Å². The molecule has 0 amide bonds. The molecular weight excluding hydrogens is 228 g/mol. The Bertz CT molecular complexity index is 551. The summed E-state index contributed by atoms with van der Waals surface area (Å²) in [6.45, 7) is 0.418. The summed E-state index contributed by atoms with van der Waals surface area (Å²) in [6, 6.07) is 14.7. The minimum Gasteiger partial charge on any atom is -0.508 e. The number of aromatic hydroxyl groups is 1. The first-order valence-electron chi connectivity index (χ1n) is 5.94. The standard InChI is InChI=1S/C15H14O3/c16-11-6-7-12-14(8-11)18-9-13(15(12)17)10-4-2-1-3-5-10/h1-8,13,15-17H,9H2/t13-,15+/m0/s1. The smallest absolute Gasteiger partial charge is 0.128 e. The van der Waals surface area contributed by atoms with Crippen LogP contribution in [0.15, 0.2) is 48.5 Å². The Labute approximate surface area is 105 Å². The van der Waals surface area contributed by atoms with Gasteiger partial charge in [0.1, 0.15) is 11.5 Å². The van der Waals surface area contributed by atoms with E-state index in [1.54, 1.807) is 18.2 Å². The SMILES string of the molecule is Oc1ccc2c(c1)OC[C@@H](c1ccccc1)[C@@H]2O. The van der Waals surface area contributed by atoms with Crippen molar-refractivity contribution in [2.24, 2.45) is 0 Å². The number of phenols is 1. The second-order valence-corrected chi connectivity index (χ2v) is 4.50. The lowest BCUT2D eigenvalue weighted by Crippen LogP contribution is -2.24. The fourth-order valence-corrected chi connectivity index (χ4v) is 2.36. The molecule has 2 aromatic rings. The fourth-order valence-electron chi connectivity index (χ4n) is 2.36. The van der Waals surface area contributed by atoms with E-state index in [0.717, 1.165) is 11.1 Å². The molecule has 0 radical (unpaired) electrons. The summed E-state index contributed by atoms with van der Waals surface area (Å²) in [5.74, 6) is 0.650. The van der Waals surface area contributed by atoms with Gasteiger partial charge in [-0.2, -0.15) is 0 Å². The van der Waals surface area contributed by atoms with Crippen LogP contribution in [0.2, 0.25) is 0 Å². The number of aliphatic hydroxyl groups excluding tert-OH is 1. The highest BCUT2D eigenvalue weighted by atomic mass is 16.5.